The lowest BCUT2D eigenvalue weighted by atomic mass is 10.2. The normalized spacial score (nSPS) is 10.8. The zero-order valence-corrected chi connectivity index (χ0v) is 14.9. The Bertz CT molecular complexity index is 576. The molecule has 0 amide bonds. The van der Waals surface area contributed by atoms with Gasteiger partial charge in [-0.25, -0.2) is 0 Å². The van der Waals surface area contributed by atoms with Crippen LogP contribution in [0.1, 0.15) is 17.4 Å². The predicted molar refractivity (Wildman–Crippen MR) is 97.9 cm³/mol. The van der Waals surface area contributed by atoms with Crippen molar-refractivity contribution in [1.82, 2.24) is 10.6 Å². The van der Waals surface area contributed by atoms with Crippen LogP contribution in [-0.2, 0) is 13.2 Å². The van der Waals surface area contributed by atoms with Gasteiger partial charge in [0, 0.05) is 31.1 Å². The van der Waals surface area contributed by atoms with Crippen molar-refractivity contribution >= 4 is 11.3 Å². The van der Waals surface area contributed by atoms with Gasteiger partial charge < -0.3 is 25.2 Å². The number of rotatable bonds is 12. The monoisotopic (exact) mass is 350 g/mol. The van der Waals surface area contributed by atoms with E-state index < -0.39 is 0 Å². The molecule has 5 nitrogen and oxygen atoms in total. The fraction of sp³-hybridized carbons (Fsp3) is 0.444. The maximum absolute atomic E-state index is 8.70. The first-order valence-corrected chi connectivity index (χ1v) is 9.14. The molecule has 0 spiro atoms. The summed E-state index contributed by atoms with van der Waals surface area (Å²) in [6.45, 7) is 6.40. The standard InChI is InChI=1S/C18H26N2O3S/c1-2-22-18-12-15(13-20-8-7-19-9-10-21)5-6-17(18)23-14-16-4-3-11-24-16/h3-6,11-12,19-21H,2,7-10,13-14H2,1H3. The molecule has 0 radical (unpaired) electrons. The number of aliphatic hydroxyl groups excluding tert-OH is 1. The van der Waals surface area contributed by atoms with Gasteiger partial charge in [-0.1, -0.05) is 12.1 Å². The average molecular weight is 350 g/mol. The van der Waals surface area contributed by atoms with Gasteiger partial charge in [0.2, 0.25) is 0 Å². The fourth-order valence-corrected chi connectivity index (χ4v) is 2.82. The summed E-state index contributed by atoms with van der Waals surface area (Å²) >= 11 is 1.69. The second-order valence-electron chi connectivity index (χ2n) is 5.23. The molecule has 2 rings (SSSR count). The van der Waals surface area contributed by atoms with E-state index in [4.69, 9.17) is 14.6 Å². The Labute approximate surface area is 147 Å². The van der Waals surface area contributed by atoms with Gasteiger partial charge in [0.05, 0.1) is 13.2 Å². The lowest BCUT2D eigenvalue weighted by Crippen LogP contribution is -2.28. The molecule has 132 valence electrons. The zero-order valence-electron chi connectivity index (χ0n) is 14.1. The highest BCUT2D eigenvalue weighted by molar-refractivity contribution is 7.09. The van der Waals surface area contributed by atoms with Crippen molar-refractivity contribution in [3.8, 4) is 11.5 Å². The van der Waals surface area contributed by atoms with E-state index in [2.05, 4.69) is 22.8 Å². The molecule has 0 aliphatic carbocycles. The number of thiophene rings is 1. The van der Waals surface area contributed by atoms with Crippen molar-refractivity contribution in [3.63, 3.8) is 0 Å². The number of hydrogen-bond acceptors (Lipinski definition) is 6. The van der Waals surface area contributed by atoms with Crippen LogP contribution >= 0.6 is 11.3 Å². The molecule has 0 saturated carbocycles. The van der Waals surface area contributed by atoms with Gasteiger partial charge in [0.1, 0.15) is 6.61 Å². The van der Waals surface area contributed by atoms with Gasteiger partial charge in [-0.2, -0.15) is 0 Å². The molecule has 0 fully saturated rings. The van der Waals surface area contributed by atoms with Crippen molar-refractivity contribution in [1.29, 1.82) is 0 Å². The summed E-state index contributed by atoms with van der Waals surface area (Å²) in [5, 5.41) is 17.3. The third-order valence-corrected chi connectivity index (χ3v) is 4.20. The first kappa shape index (κ1) is 18.7. The summed E-state index contributed by atoms with van der Waals surface area (Å²) in [7, 11) is 0. The minimum atomic E-state index is 0.171. The van der Waals surface area contributed by atoms with Gasteiger partial charge in [-0.05, 0) is 36.1 Å². The molecule has 0 bridgehead atoms. The highest BCUT2D eigenvalue weighted by Gasteiger charge is 2.07. The molecule has 0 unspecified atom stereocenters. The van der Waals surface area contributed by atoms with Gasteiger partial charge in [-0.15, -0.1) is 11.3 Å². The van der Waals surface area contributed by atoms with Crippen molar-refractivity contribution in [2.75, 3.05) is 32.8 Å². The summed E-state index contributed by atoms with van der Waals surface area (Å²) in [5.41, 5.74) is 1.16. The maximum Gasteiger partial charge on any atom is 0.161 e. The molecule has 3 N–H and O–H groups in total. The molecule has 1 aromatic carbocycles. The minimum Gasteiger partial charge on any atom is -0.490 e. The Morgan fingerprint density at radius 1 is 1.04 bits per heavy atom. The van der Waals surface area contributed by atoms with Crippen molar-refractivity contribution < 1.29 is 14.6 Å². The number of benzene rings is 1. The van der Waals surface area contributed by atoms with Crippen LogP contribution < -0.4 is 20.1 Å². The summed E-state index contributed by atoms with van der Waals surface area (Å²) < 4.78 is 11.6. The molecule has 0 atom stereocenters. The van der Waals surface area contributed by atoms with E-state index in [0.29, 0.717) is 19.8 Å². The fourth-order valence-electron chi connectivity index (χ4n) is 2.21. The summed E-state index contributed by atoms with van der Waals surface area (Å²) in [6.07, 6.45) is 0. The number of nitrogens with one attached hydrogen (secondary N) is 2. The smallest absolute Gasteiger partial charge is 0.161 e. The number of aliphatic hydroxyl groups is 1. The molecule has 0 aliphatic heterocycles. The van der Waals surface area contributed by atoms with Crippen molar-refractivity contribution in [2.24, 2.45) is 0 Å². The van der Waals surface area contributed by atoms with E-state index in [1.807, 2.05) is 30.5 Å². The summed E-state index contributed by atoms with van der Waals surface area (Å²) in [6, 6.07) is 10.1. The van der Waals surface area contributed by atoms with Gasteiger partial charge in [0.15, 0.2) is 11.5 Å². The van der Waals surface area contributed by atoms with E-state index in [-0.39, 0.29) is 6.61 Å². The van der Waals surface area contributed by atoms with E-state index in [0.717, 1.165) is 36.7 Å². The molecule has 1 aromatic heterocycles. The van der Waals surface area contributed by atoms with Crippen LogP contribution in [-0.4, -0.2) is 38.0 Å². The molecule has 1 heterocycles. The quantitative estimate of drug-likeness (QED) is 0.513. The van der Waals surface area contributed by atoms with E-state index >= 15 is 0 Å². The molecule has 6 heteroatoms. The van der Waals surface area contributed by atoms with Crippen LogP contribution in [0.25, 0.3) is 0 Å². The minimum absolute atomic E-state index is 0.171. The molecule has 0 aliphatic rings. The summed E-state index contributed by atoms with van der Waals surface area (Å²) in [4.78, 5) is 1.19. The third-order valence-electron chi connectivity index (χ3n) is 3.35. The van der Waals surface area contributed by atoms with Crippen LogP contribution in [0.15, 0.2) is 35.7 Å². The van der Waals surface area contributed by atoms with Crippen molar-refractivity contribution in [3.05, 3.63) is 46.2 Å². The molecule has 2 aromatic rings. The molecular formula is C18H26N2O3S. The van der Waals surface area contributed by atoms with Crippen LogP contribution in [0, 0.1) is 0 Å². The van der Waals surface area contributed by atoms with Crippen LogP contribution in [0.4, 0.5) is 0 Å². The first-order valence-electron chi connectivity index (χ1n) is 8.26. The Morgan fingerprint density at radius 2 is 1.92 bits per heavy atom. The van der Waals surface area contributed by atoms with Crippen LogP contribution in [0.3, 0.4) is 0 Å². The third kappa shape index (κ3) is 6.49. The first-order chi connectivity index (χ1) is 11.8. The lowest BCUT2D eigenvalue weighted by molar-refractivity contribution is 0.271. The van der Waals surface area contributed by atoms with E-state index in [9.17, 15) is 0 Å². The molecule has 0 saturated heterocycles. The Kier molecular flexibility index (Phi) is 8.62. The predicted octanol–water partition coefficient (Wildman–Crippen LogP) is 2.40. The highest BCUT2D eigenvalue weighted by atomic mass is 32.1. The highest BCUT2D eigenvalue weighted by Crippen LogP contribution is 2.29. The number of hydrogen-bond donors (Lipinski definition) is 3. The lowest BCUT2D eigenvalue weighted by Gasteiger charge is -2.13. The Balaban J connectivity index is 1.85. The molecular weight excluding hydrogens is 324 g/mol. The van der Waals surface area contributed by atoms with E-state index in [1.165, 1.54) is 4.88 Å². The molecule has 24 heavy (non-hydrogen) atoms. The maximum atomic E-state index is 8.70. The van der Waals surface area contributed by atoms with E-state index in [1.54, 1.807) is 11.3 Å². The topological polar surface area (TPSA) is 62.8 Å². The van der Waals surface area contributed by atoms with Crippen LogP contribution in [0.2, 0.25) is 0 Å². The van der Waals surface area contributed by atoms with Crippen molar-refractivity contribution in [2.45, 2.75) is 20.1 Å². The van der Waals surface area contributed by atoms with Gasteiger partial charge in [-0.3, -0.25) is 0 Å². The SMILES string of the molecule is CCOc1cc(CNCCNCCO)ccc1OCc1cccs1. The Morgan fingerprint density at radius 3 is 2.67 bits per heavy atom. The van der Waals surface area contributed by atoms with Gasteiger partial charge >= 0.3 is 0 Å². The Hall–Kier alpha value is -1.60. The zero-order chi connectivity index (χ0) is 17.0. The second kappa shape index (κ2) is 11.0. The largest absolute Gasteiger partial charge is 0.490 e. The number of ether oxygens (including phenoxy) is 2. The second-order valence-corrected chi connectivity index (χ2v) is 6.26. The summed E-state index contributed by atoms with van der Waals surface area (Å²) in [5.74, 6) is 1.56. The van der Waals surface area contributed by atoms with Gasteiger partial charge in [0.25, 0.3) is 0 Å². The average Bonchev–Trinajstić information content (AvgIpc) is 3.11. The van der Waals surface area contributed by atoms with Crippen LogP contribution in [0.5, 0.6) is 11.5 Å².